The molecule has 0 N–H and O–H groups in total. The Kier molecular flexibility index (Phi) is 6.04. The average Bonchev–Trinajstić information content (AvgIpc) is 3.58. The van der Waals surface area contributed by atoms with Crippen LogP contribution in [0.1, 0.15) is 30.1 Å². The molecule has 1 aromatic heterocycles. The first kappa shape index (κ1) is 20.3. The molecule has 0 radical (unpaired) electrons. The van der Waals surface area contributed by atoms with Gasteiger partial charge < -0.3 is 4.90 Å². The molecule has 2 aliphatic rings. The van der Waals surface area contributed by atoms with E-state index in [0.717, 1.165) is 44.2 Å². The minimum absolute atomic E-state index is 0.174. The van der Waals surface area contributed by atoms with E-state index in [0.29, 0.717) is 16.8 Å². The van der Waals surface area contributed by atoms with Crippen LogP contribution in [0.5, 0.6) is 0 Å². The van der Waals surface area contributed by atoms with Crippen molar-refractivity contribution in [3.8, 4) is 5.69 Å². The fraction of sp³-hybridized carbons (Fsp3) is 0.375. The number of rotatable bonds is 7. The summed E-state index contributed by atoms with van der Waals surface area (Å²) in [6.07, 6.45) is 2.34. The number of carbonyl (C=O) groups is 1. The third-order valence-electron chi connectivity index (χ3n) is 5.85. The van der Waals surface area contributed by atoms with Gasteiger partial charge >= 0.3 is 0 Å². The molecule has 1 aliphatic carbocycles. The zero-order valence-corrected chi connectivity index (χ0v) is 18.4. The maximum Gasteiger partial charge on any atom is 0.233 e. The Balaban J connectivity index is 1.15. The number of amides is 1. The van der Waals surface area contributed by atoms with Crippen molar-refractivity contribution in [2.45, 2.75) is 30.5 Å². The van der Waals surface area contributed by atoms with E-state index in [-0.39, 0.29) is 5.91 Å². The second kappa shape index (κ2) is 9.24. The normalized spacial score (nSPS) is 17.1. The summed E-state index contributed by atoms with van der Waals surface area (Å²) < 4.78 is 1.95. The summed E-state index contributed by atoms with van der Waals surface area (Å²) in [5, 5.41) is 5.40. The van der Waals surface area contributed by atoms with Crippen LogP contribution in [-0.4, -0.2) is 62.4 Å². The first-order chi connectivity index (χ1) is 15.3. The van der Waals surface area contributed by atoms with Gasteiger partial charge in [0, 0.05) is 38.6 Å². The maximum atomic E-state index is 12.8. The molecule has 1 amide bonds. The van der Waals surface area contributed by atoms with Crippen LogP contribution in [-0.2, 0) is 11.3 Å². The second-order valence-corrected chi connectivity index (χ2v) is 9.15. The number of carbonyl (C=O) groups excluding carboxylic acids is 1. The van der Waals surface area contributed by atoms with Crippen LogP contribution >= 0.6 is 11.8 Å². The Hall–Kier alpha value is -2.64. The summed E-state index contributed by atoms with van der Waals surface area (Å²) in [5.74, 6) is 2.08. The van der Waals surface area contributed by atoms with Crippen molar-refractivity contribution >= 4 is 17.7 Å². The monoisotopic (exact) mass is 433 g/mol. The van der Waals surface area contributed by atoms with Crippen molar-refractivity contribution in [3.05, 3.63) is 72.1 Å². The van der Waals surface area contributed by atoms with E-state index in [4.69, 9.17) is 10.1 Å². The summed E-state index contributed by atoms with van der Waals surface area (Å²) in [4.78, 5) is 21.9. The van der Waals surface area contributed by atoms with Gasteiger partial charge in [0.1, 0.15) is 5.82 Å². The molecule has 2 fully saturated rings. The van der Waals surface area contributed by atoms with E-state index in [2.05, 4.69) is 41.3 Å². The molecule has 3 aromatic rings. The zero-order valence-electron chi connectivity index (χ0n) is 17.6. The highest BCUT2D eigenvalue weighted by Gasteiger charge is 2.30. The van der Waals surface area contributed by atoms with Gasteiger partial charge in [-0.15, -0.1) is 5.10 Å². The molecule has 5 rings (SSSR count). The molecule has 2 aromatic carbocycles. The Morgan fingerprint density at radius 2 is 1.61 bits per heavy atom. The van der Waals surface area contributed by atoms with E-state index in [1.54, 1.807) is 0 Å². The van der Waals surface area contributed by atoms with Gasteiger partial charge in [-0.2, -0.15) is 0 Å². The number of hydrogen-bond acceptors (Lipinski definition) is 5. The van der Waals surface area contributed by atoms with Gasteiger partial charge in [0.15, 0.2) is 0 Å². The number of thioether (sulfide) groups is 1. The van der Waals surface area contributed by atoms with Crippen LogP contribution in [0.15, 0.2) is 65.8 Å². The third-order valence-corrected chi connectivity index (χ3v) is 6.68. The zero-order chi connectivity index (χ0) is 21.0. The highest BCUT2D eigenvalue weighted by molar-refractivity contribution is 7.99. The number of nitrogens with zero attached hydrogens (tertiary/aromatic N) is 5. The predicted octanol–water partition coefficient (Wildman–Crippen LogP) is 3.58. The summed E-state index contributed by atoms with van der Waals surface area (Å²) in [6.45, 7) is 4.34. The molecule has 6 nitrogen and oxygen atoms in total. The lowest BCUT2D eigenvalue weighted by atomic mass is 10.2. The van der Waals surface area contributed by atoms with Crippen LogP contribution in [0.3, 0.4) is 0 Å². The molecule has 0 unspecified atom stereocenters. The molecule has 2 heterocycles. The van der Waals surface area contributed by atoms with Crippen LogP contribution in [0.2, 0.25) is 0 Å². The average molecular weight is 434 g/mol. The molecule has 7 heteroatoms. The summed E-state index contributed by atoms with van der Waals surface area (Å²) in [7, 11) is 0. The van der Waals surface area contributed by atoms with Crippen LogP contribution in [0.25, 0.3) is 5.69 Å². The number of para-hydroxylation sites is 1. The van der Waals surface area contributed by atoms with E-state index >= 15 is 0 Å². The first-order valence-electron chi connectivity index (χ1n) is 11.0. The third kappa shape index (κ3) is 4.99. The number of benzene rings is 2. The standard InChI is InChI=1S/C24H27N5OS/c30-22(28-15-13-27(14-16-28)17-19-7-3-1-4-8-19)18-31-24-25-23(20-11-12-20)29(26-24)21-9-5-2-6-10-21/h1-10,20H,11-18H2. The molecule has 0 bridgehead atoms. The second-order valence-electron chi connectivity index (χ2n) is 8.21. The molecule has 0 spiro atoms. The maximum absolute atomic E-state index is 12.8. The molecule has 160 valence electrons. The van der Waals surface area contributed by atoms with Crippen molar-refractivity contribution in [1.82, 2.24) is 24.6 Å². The predicted molar refractivity (Wildman–Crippen MR) is 122 cm³/mol. The summed E-state index contributed by atoms with van der Waals surface area (Å²) in [6, 6.07) is 20.7. The number of hydrogen-bond donors (Lipinski definition) is 0. The Labute approximate surface area is 187 Å². The lowest BCUT2D eigenvalue weighted by Crippen LogP contribution is -2.48. The minimum atomic E-state index is 0.174. The van der Waals surface area contributed by atoms with Crippen molar-refractivity contribution < 1.29 is 4.79 Å². The van der Waals surface area contributed by atoms with Gasteiger partial charge in [0.25, 0.3) is 0 Å². The molecule has 1 saturated heterocycles. The number of piperazine rings is 1. The molecule has 0 atom stereocenters. The highest BCUT2D eigenvalue weighted by atomic mass is 32.2. The van der Waals surface area contributed by atoms with E-state index in [9.17, 15) is 4.79 Å². The number of aromatic nitrogens is 3. The van der Waals surface area contributed by atoms with Gasteiger partial charge in [-0.1, -0.05) is 60.3 Å². The lowest BCUT2D eigenvalue weighted by molar-refractivity contribution is -0.130. The van der Waals surface area contributed by atoms with Crippen molar-refractivity contribution in [2.75, 3.05) is 31.9 Å². The van der Waals surface area contributed by atoms with Gasteiger partial charge in [-0.25, -0.2) is 9.67 Å². The van der Waals surface area contributed by atoms with Crippen molar-refractivity contribution in [1.29, 1.82) is 0 Å². The Bertz CT molecular complexity index is 1010. The van der Waals surface area contributed by atoms with E-state index in [1.807, 2.05) is 33.8 Å². The smallest absolute Gasteiger partial charge is 0.233 e. The topological polar surface area (TPSA) is 54.3 Å². The van der Waals surface area contributed by atoms with E-state index in [1.165, 1.54) is 30.2 Å². The van der Waals surface area contributed by atoms with E-state index < -0.39 is 0 Å². The first-order valence-corrected chi connectivity index (χ1v) is 11.9. The lowest BCUT2D eigenvalue weighted by Gasteiger charge is -2.34. The van der Waals surface area contributed by atoms with Crippen LogP contribution < -0.4 is 0 Å². The van der Waals surface area contributed by atoms with Gasteiger partial charge in [0.05, 0.1) is 11.4 Å². The summed E-state index contributed by atoms with van der Waals surface area (Å²) in [5.41, 5.74) is 2.36. The quantitative estimate of drug-likeness (QED) is 0.533. The Morgan fingerprint density at radius 1 is 0.935 bits per heavy atom. The molecular formula is C24H27N5OS. The fourth-order valence-electron chi connectivity index (χ4n) is 3.95. The Morgan fingerprint density at radius 3 is 2.29 bits per heavy atom. The van der Waals surface area contributed by atoms with Crippen LogP contribution in [0.4, 0.5) is 0 Å². The highest BCUT2D eigenvalue weighted by Crippen LogP contribution is 2.40. The molecular weight excluding hydrogens is 406 g/mol. The van der Waals surface area contributed by atoms with Crippen molar-refractivity contribution in [3.63, 3.8) is 0 Å². The minimum Gasteiger partial charge on any atom is -0.339 e. The van der Waals surface area contributed by atoms with Gasteiger partial charge in [-0.3, -0.25) is 9.69 Å². The van der Waals surface area contributed by atoms with Gasteiger partial charge in [-0.05, 0) is 30.5 Å². The largest absolute Gasteiger partial charge is 0.339 e. The molecule has 1 aliphatic heterocycles. The van der Waals surface area contributed by atoms with Crippen molar-refractivity contribution in [2.24, 2.45) is 0 Å². The van der Waals surface area contributed by atoms with Crippen LogP contribution in [0, 0.1) is 0 Å². The summed E-state index contributed by atoms with van der Waals surface area (Å²) >= 11 is 1.45. The molecule has 1 saturated carbocycles. The SMILES string of the molecule is O=C(CSc1nc(C2CC2)n(-c2ccccc2)n1)N1CCN(Cc2ccccc2)CC1. The van der Waals surface area contributed by atoms with Gasteiger partial charge in [0.2, 0.25) is 11.1 Å². The fourth-order valence-corrected chi connectivity index (χ4v) is 4.68. The molecule has 31 heavy (non-hydrogen) atoms.